The van der Waals surface area contributed by atoms with Gasteiger partial charge in [-0.2, -0.15) is 0 Å². The minimum absolute atomic E-state index is 0.0739. The third kappa shape index (κ3) is 3.98. The number of hydrogen-bond donors (Lipinski definition) is 2. The summed E-state index contributed by atoms with van der Waals surface area (Å²) in [5.41, 5.74) is 0. The van der Waals surface area contributed by atoms with Crippen LogP contribution in [0.5, 0.6) is 0 Å². The maximum absolute atomic E-state index is 11.9. The van der Waals surface area contributed by atoms with Gasteiger partial charge in [0.2, 0.25) is 5.91 Å². The number of rotatable bonds is 3. The molecule has 3 nitrogen and oxygen atoms in total. The average molecular weight is 238 g/mol. The summed E-state index contributed by atoms with van der Waals surface area (Å²) < 4.78 is 0. The number of carbonyl (C=O) groups is 1. The summed E-state index contributed by atoms with van der Waals surface area (Å²) in [5.74, 6) is 1.78. The van der Waals surface area contributed by atoms with Crippen LogP contribution in [0.1, 0.15) is 51.9 Å². The van der Waals surface area contributed by atoms with E-state index in [1.807, 2.05) is 0 Å². The Morgan fingerprint density at radius 3 is 2.82 bits per heavy atom. The van der Waals surface area contributed by atoms with Gasteiger partial charge in [-0.3, -0.25) is 4.79 Å². The van der Waals surface area contributed by atoms with Crippen molar-refractivity contribution in [2.24, 2.45) is 11.8 Å². The standard InChI is InChI=1S/C14H26N2O/c1-11-5-4-6-12(9-11)10-16-14(17)13-7-2-3-8-15-13/h11-13,15H,2-10H2,1H3,(H,16,17)/t11?,12?,13-/m0/s1. The minimum Gasteiger partial charge on any atom is -0.354 e. The smallest absolute Gasteiger partial charge is 0.237 e. The van der Waals surface area contributed by atoms with E-state index in [-0.39, 0.29) is 11.9 Å². The number of nitrogens with one attached hydrogen (secondary N) is 2. The first kappa shape index (κ1) is 12.9. The number of piperidine rings is 1. The van der Waals surface area contributed by atoms with Crippen molar-refractivity contribution < 1.29 is 4.79 Å². The average Bonchev–Trinajstić information content (AvgIpc) is 2.37. The molecule has 0 aromatic rings. The Morgan fingerprint density at radius 1 is 1.24 bits per heavy atom. The summed E-state index contributed by atoms with van der Waals surface area (Å²) in [6.45, 7) is 4.22. The van der Waals surface area contributed by atoms with Crippen LogP contribution in [-0.2, 0) is 4.79 Å². The van der Waals surface area contributed by atoms with Gasteiger partial charge in [-0.15, -0.1) is 0 Å². The van der Waals surface area contributed by atoms with Gasteiger partial charge in [0, 0.05) is 6.54 Å². The fourth-order valence-electron chi connectivity index (χ4n) is 3.19. The van der Waals surface area contributed by atoms with E-state index < -0.39 is 0 Å². The van der Waals surface area contributed by atoms with Gasteiger partial charge in [-0.25, -0.2) is 0 Å². The fraction of sp³-hybridized carbons (Fsp3) is 0.929. The van der Waals surface area contributed by atoms with Crippen molar-refractivity contribution in [3.05, 3.63) is 0 Å². The Labute approximate surface area is 105 Å². The Bertz CT molecular complexity index is 249. The van der Waals surface area contributed by atoms with Gasteiger partial charge in [-0.1, -0.05) is 26.2 Å². The maximum Gasteiger partial charge on any atom is 0.237 e. The van der Waals surface area contributed by atoms with E-state index in [0.29, 0.717) is 5.92 Å². The van der Waals surface area contributed by atoms with Crippen LogP contribution in [0.3, 0.4) is 0 Å². The second-order valence-corrected chi connectivity index (χ2v) is 5.89. The highest BCUT2D eigenvalue weighted by atomic mass is 16.2. The zero-order valence-electron chi connectivity index (χ0n) is 11.0. The molecular formula is C14H26N2O. The van der Waals surface area contributed by atoms with E-state index in [9.17, 15) is 4.79 Å². The minimum atomic E-state index is 0.0739. The van der Waals surface area contributed by atoms with Crippen molar-refractivity contribution in [1.82, 2.24) is 10.6 Å². The Morgan fingerprint density at radius 2 is 2.12 bits per heavy atom. The molecule has 1 saturated heterocycles. The summed E-state index contributed by atoms with van der Waals surface area (Å²) in [6.07, 6.45) is 8.70. The largest absolute Gasteiger partial charge is 0.354 e. The van der Waals surface area contributed by atoms with Gasteiger partial charge in [0.25, 0.3) is 0 Å². The van der Waals surface area contributed by atoms with Crippen molar-refractivity contribution in [3.8, 4) is 0 Å². The molecule has 2 fully saturated rings. The maximum atomic E-state index is 11.9. The van der Waals surface area contributed by atoms with Crippen LogP contribution >= 0.6 is 0 Å². The molecule has 2 N–H and O–H groups in total. The molecule has 3 atom stereocenters. The molecule has 3 heteroatoms. The molecule has 0 aromatic heterocycles. The topological polar surface area (TPSA) is 41.1 Å². The molecule has 1 aliphatic heterocycles. The highest BCUT2D eigenvalue weighted by Gasteiger charge is 2.23. The van der Waals surface area contributed by atoms with E-state index in [1.54, 1.807) is 0 Å². The molecule has 17 heavy (non-hydrogen) atoms. The SMILES string of the molecule is CC1CCCC(CNC(=O)[C@@H]2CCCCN2)C1. The summed E-state index contributed by atoms with van der Waals surface area (Å²) >= 11 is 0. The van der Waals surface area contributed by atoms with Crippen molar-refractivity contribution in [2.45, 2.75) is 57.9 Å². The Kier molecular flexibility index (Phi) is 4.84. The number of amides is 1. The van der Waals surface area contributed by atoms with Crippen LogP contribution < -0.4 is 10.6 Å². The van der Waals surface area contributed by atoms with Gasteiger partial charge in [0.05, 0.1) is 6.04 Å². The predicted octanol–water partition coefficient (Wildman–Crippen LogP) is 2.07. The predicted molar refractivity (Wildman–Crippen MR) is 69.8 cm³/mol. The third-order valence-electron chi connectivity index (χ3n) is 4.24. The second-order valence-electron chi connectivity index (χ2n) is 5.89. The zero-order chi connectivity index (χ0) is 12.1. The van der Waals surface area contributed by atoms with Crippen LogP contribution in [0.15, 0.2) is 0 Å². The molecular weight excluding hydrogens is 212 g/mol. The first-order chi connectivity index (χ1) is 8.25. The normalized spacial score (nSPS) is 34.3. The highest BCUT2D eigenvalue weighted by Crippen LogP contribution is 2.27. The van der Waals surface area contributed by atoms with E-state index in [0.717, 1.165) is 25.4 Å². The van der Waals surface area contributed by atoms with Gasteiger partial charge in [-0.05, 0) is 44.1 Å². The van der Waals surface area contributed by atoms with E-state index in [4.69, 9.17) is 0 Å². The summed E-state index contributed by atoms with van der Waals surface area (Å²) in [6, 6.07) is 0.0739. The van der Waals surface area contributed by atoms with E-state index >= 15 is 0 Å². The molecule has 0 spiro atoms. The summed E-state index contributed by atoms with van der Waals surface area (Å²) in [5, 5.41) is 6.44. The lowest BCUT2D eigenvalue weighted by molar-refractivity contribution is -0.123. The first-order valence-corrected chi connectivity index (χ1v) is 7.27. The molecule has 2 rings (SSSR count). The third-order valence-corrected chi connectivity index (χ3v) is 4.24. The monoisotopic (exact) mass is 238 g/mol. The first-order valence-electron chi connectivity index (χ1n) is 7.27. The molecule has 2 aliphatic rings. The molecule has 0 radical (unpaired) electrons. The fourth-order valence-corrected chi connectivity index (χ4v) is 3.19. The van der Waals surface area contributed by atoms with Gasteiger partial charge < -0.3 is 10.6 Å². The quantitative estimate of drug-likeness (QED) is 0.790. The van der Waals surface area contributed by atoms with Crippen LogP contribution in [0.4, 0.5) is 0 Å². The molecule has 1 amide bonds. The number of hydrogen-bond acceptors (Lipinski definition) is 2. The van der Waals surface area contributed by atoms with Gasteiger partial charge in [0.15, 0.2) is 0 Å². The summed E-state index contributed by atoms with van der Waals surface area (Å²) in [7, 11) is 0. The van der Waals surface area contributed by atoms with Crippen LogP contribution in [0.25, 0.3) is 0 Å². The lowest BCUT2D eigenvalue weighted by Gasteiger charge is -2.28. The van der Waals surface area contributed by atoms with Crippen molar-refractivity contribution in [2.75, 3.05) is 13.1 Å². The highest BCUT2D eigenvalue weighted by molar-refractivity contribution is 5.81. The van der Waals surface area contributed by atoms with Crippen LogP contribution in [0.2, 0.25) is 0 Å². The molecule has 1 heterocycles. The second kappa shape index (κ2) is 6.39. The van der Waals surface area contributed by atoms with Crippen LogP contribution in [-0.4, -0.2) is 25.0 Å². The molecule has 98 valence electrons. The van der Waals surface area contributed by atoms with Crippen molar-refractivity contribution in [3.63, 3.8) is 0 Å². The molecule has 2 unspecified atom stereocenters. The van der Waals surface area contributed by atoms with Gasteiger partial charge in [0.1, 0.15) is 0 Å². The van der Waals surface area contributed by atoms with E-state index in [2.05, 4.69) is 17.6 Å². The van der Waals surface area contributed by atoms with E-state index in [1.165, 1.54) is 38.5 Å². The Hall–Kier alpha value is -0.570. The molecule has 1 aliphatic carbocycles. The lowest BCUT2D eigenvalue weighted by Crippen LogP contribution is -2.47. The Balaban J connectivity index is 1.68. The van der Waals surface area contributed by atoms with Crippen molar-refractivity contribution >= 4 is 5.91 Å². The molecule has 0 bridgehead atoms. The number of carbonyl (C=O) groups excluding carboxylic acids is 1. The van der Waals surface area contributed by atoms with Gasteiger partial charge >= 0.3 is 0 Å². The molecule has 0 aromatic carbocycles. The lowest BCUT2D eigenvalue weighted by atomic mass is 9.82. The zero-order valence-corrected chi connectivity index (χ0v) is 11.0. The molecule has 1 saturated carbocycles. The van der Waals surface area contributed by atoms with Crippen LogP contribution in [0, 0.1) is 11.8 Å². The van der Waals surface area contributed by atoms with Crippen molar-refractivity contribution in [1.29, 1.82) is 0 Å². The summed E-state index contributed by atoms with van der Waals surface area (Å²) in [4.78, 5) is 11.9.